The molecule has 2 aromatic carbocycles. The second-order valence-electron chi connectivity index (χ2n) is 8.03. The summed E-state index contributed by atoms with van der Waals surface area (Å²) < 4.78 is 6.05. The maximum Gasteiger partial charge on any atom is 0.241 e. The molecular weight excluding hydrogens is 368 g/mol. The van der Waals surface area contributed by atoms with Crippen LogP contribution >= 0.6 is 0 Å². The number of hydrogen-bond acceptors (Lipinski definition) is 3. The van der Waals surface area contributed by atoms with Gasteiger partial charge in [0.1, 0.15) is 5.75 Å². The third kappa shape index (κ3) is 7.29. The van der Waals surface area contributed by atoms with Gasteiger partial charge < -0.3 is 4.74 Å². The first-order valence-electron chi connectivity index (χ1n) is 11.4. The predicted molar refractivity (Wildman–Crippen MR) is 124 cm³/mol. The Hall–Kier alpha value is -2.68. The molecular formula is C27H34N2O. The lowest BCUT2D eigenvalue weighted by molar-refractivity contribution is 0.453. The molecule has 3 aromatic rings. The highest BCUT2D eigenvalue weighted by molar-refractivity contribution is 5.32. The van der Waals surface area contributed by atoms with Crippen LogP contribution in [0.1, 0.15) is 74.4 Å². The largest absolute Gasteiger partial charge is 0.437 e. The van der Waals surface area contributed by atoms with Gasteiger partial charge in [0.05, 0.1) is 11.4 Å². The Kier molecular flexibility index (Phi) is 8.89. The van der Waals surface area contributed by atoms with Gasteiger partial charge in [-0.2, -0.15) is 0 Å². The zero-order chi connectivity index (χ0) is 21.0. The zero-order valence-corrected chi connectivity index (χ0v) is 18.4. The molecule has 0 radical (unpaired) electrons. The standard InChI is InChI=1S/C27H34N2O/c1-3-4-5-6-7-8-10-13-23-16-18-26(19-17-23)30-27-22(2)28-21-25(29-27)20-24-14-11-9-12-15-24/h9,11-12,14-19,21H,3-8,10,13,20H2,1-2H3. The minimum Gasteiger partial charge on any atom is -0.437 e. The van der Waals surface area contributed by atoms with Crippen LogP contribution in [0.4, 0.5) is 0 Å². The predicted octanol–water partition coefficient (Wildman–Crippen LogP) is 7.46. The molecule has 0 aliphatic carbocycles. The minimum atomic E-state index is 0.586. The third-order valence-corrected chi connectivity index (χ3v) is 5.40. The average molecular weight is 403 g/mol. The Bertz CT molecular complexity index is 875. The van der Waals surface area contributed by atoms with Crippen LogP contribution < -0.4 is 4.74 Å². The van der Waals surface area contributed by atoms with Gasteiger partial charge in [-0.3, -0.25) is 4.98 Å². The molecule has 0 aliphatic heterocycles. The molecule has 1 heterocycles. The van der Waals surface area contributed by atoms with Crippen LogP contribution in [0, 0.1) is 6.92 Å². The maximum absolute atomic E-state index is 6.05. The van der Waals surface area contributed by atoms with Crippen molar-refractivity contribution in [3.8, 4) is 11.6 Å². The molecule has 0 fully saturated rings. The van der Waals surface area contributed by atoms with Crippen LogP contribution in [0.25, 0.3) is 0 Å². The molecule has 0 unspecified atom stereocenters. The molecule has 158 valence electrons. The summed E-state index contributed by atoms with van der Waals surface area (Å²) in [6.07, 6.45) is 13.1. The molecule has 0 N–H and O–H groups in total. The van der Waals surface area contributed by atoms with E-state index in [2.05, 4.69) is 36.2 Å². The normalized spacial score (nSPS) is 10.9. The van der Waals surface area contributed by atoms with Crippen molar-refractivity contribution in [3.05, 3.63) is 83.3 Å². The van der Waals surface area contributed by atoms with E-state index >= 15 is 0 Å². The van der Waals surface area contributed by atoms with Gasteiger partial charge in [0, 0.05) is 12.6 Å². The lowest BCUT2D eigenvalue weighted by Crippen LogP contribution is -2.00. The molecule has 0 aliphatic rings. The molecule has 0 spiro atoms. The Morgan fingerprint density at radius 3 is 2.20 bits per heavy atom. The highest BCUT2D eigenvalue weighted by atomic mass is 16.5. The first-order valence-corrected chi connectivity index (χ1v) is 11.4. The Morgan fingerprint density at radius 2 is 1.47 bits per heavy atom. The molecule has 3 nitrogen and oxygen atoms in total. The second-order valence-corrected chi connectivity index (χ2v) is 8.03. The fourth-order valence-electron chi connectivity index (χ4n) is 3.58. The van der Waals surface area contributed by atoms with Crippen LogP contribution in [0.15, 0.2) is 60.8 Å². The summed E-state index contributed by atoms with van der Waals surface area (Å²) in [4.78, 5) is 9.17. The number of unbranched alkanes of at least 4 members (excludes halogenated alkanes) is 6. The van der Waals surface area contributed by atoms with Crippen LogP contribution in [0.3, 0.4) is 0 Å². The lowest BCUT2D eigenvalue weighted by Gasteiger charge is -2.10. The van der Waals surface area contributed by atoms with Crippen molar-refractivity contribution < 1.29 is 4.74 Å². The minimum absolute atomic E-state index is 0.586. The number of rotatable bonds is 12. The number of ether oxygens (including phenoxy) is 1. The van der Waals surface area contributed by atoms with Gasteiger partial charge in [0.15, 0.2) is 0 Å². The van der Waals surface area contributed by atoms with Crippen molar-refractivity contribution in [3.63, 3.8) is 0 Å². The summed E-state index contributed by atoms with van der Waals surface area (Å²) in [5, 5.41) is 0. The van der Waals surface area contributed by atoms with Crippen molar-refractivity contribution in [2.45, 2.75) is 71.6 Å². The molecule has 3 heteroatoms. The third-order valence-electron chi connectivity index (χ3n) is 5.40. The van der Waals surface area contributed by atoms with Crippen molar-refractivity contribution >= 4 is 0 Å². The number of hydrogen-bond donors (Lipinski definition) is 0. The molecule has 0 bridgehead atoms. The molecule has 0 amide bonds. The Labute approximate surface area is 181 Å². The number of benzene rings is 2. The molecule has 0 saturated carbocycles. The highest BCUT2D eigenvalue weighted by Gasteiger charge is 2.08. The second kappa shape index (κ2) is 12.1. The summed E-state index contributed by atoms with van der Waals surface area (Å²) in [5.74, 6) is 1.40. The van der Waals surface area contributed by atoms with Gasteiger partial charge in [0.2, 0.25) is 5.88 Å². The van der Waals surface area contributed by atoms with Gasteiger partial charge in [-0.15, -0.1) is 0 Å². The van der Waals surface area contributed by atoms with E-state index in [4.69, 9.17) is 9.72 Å². The van der Waals surface area contributed by atoms with E-state index in [1.807, 2.05) is 43.5 Å². The van der Waals surface area contributed by atoms with Gasteiger partial charge in [-0.1, -0.05) is 87.9 Å². The van der Waals surface area contributed by atoms with Gasteiger partial charge in [-0.25, -0.2) is 4.98 Å². The van der Waals surface area contributed by atoms with E-state index in [-0.39, 0.29) is 0 Å². The average Bonchev–Trinajstić information content (AvgIpc) is 2.77. The molecule has 0 atom stereocenters. The summed E-state index contributed by atoms with van der Waals surface area (Å²) in [7, 11) is 0. The number of aryl methyl sites for hydroxylation is 2. The first-order chi connectivity index (χ1) is 14.7. The van der Waals surface area contributed by atoms with Gasteiger partial charge in [-0.05, 0) is 43.0 Å². The molecule has 1 aromatic heterocycles. The van der Waals surface area contributed by atoms with Gasteiger partial charge in [0.25, 0.3) is 0 Å². The fraction of sp³-hybridized carbons (Fsp3) is 0.407. The van der Waals surface area contributed by atoms with Gasteiger partial charge >= 0.3 is 0 Å². The van der Waals surface area contributed by atoms with Crippen LogP contribution in [0.5, 0.6) is 11.6 Å². The molecule has 0 saturated heterocycles. The van der Waals surface area contributed by atoms with Crippen LogP contribution in [0.2, 0.25) is 0 Å². The SMILES string of the molecule is CCCCCCCCCc1ccc(Oc2nc(Cc3ccccc3)cnc2C)cc1. The van der Waals surface area contributed by atoms with E-state index in [1.54, 1.807) is 0 Å². The van der Waals surface area contributed by atoms with Crippen molar-refractivity contribution in [2.24, 2.45) is 0 Å². The van der Waals surface area contributed by atoms with Crippen molar-refractivity contribution in [2.75, 3.05) is 0 Å². The van der Waals surface area contributed by atoms with E-state index in [0.717, 1.165) is 30.0 Å². The Morgan fingerprint density at radius 1 is 0.767 bits per heavy atom. The van der Waals surface area contributed by atoms with E-state index in [1.165, 1.54) is 56.1 Å². The topological polar surface area (TPSA) is 35.0 Å². The molecule has 30 heavy (non-hydrogen) atoms. The number of aromatic nitrogens is 2. The van der Waals surface area contributed by atoms with Crippen LogP contribution in [-0.2, 0) is 12.8 Å². The smallest absolute Gasteiger partial charge is 0.241 e. The van der Waals surface area contributed by atoms with Crippen LogP contribution in [-0.4, -0.2) is 9.97 Å². The fourth-order valence-corrected chi connectivity index (χ4v) is 3.58. The first kappa shape index (κ1) is 22.0. The Balaban J connectivity index is 1.50. The summed E-state index contributed by atoms with van der Waals surface area (Å²) in [6, 6.07) is 18.7. The highest BCUT2D eigenvalue weighted by Crippen LogP contribution is 2.23. The van der Waals surface area contributed by atoms with Crippen molar-refractivity contribution in [1.29, 1.82) is 0 Å². The summed E-state index contributed by atoms with van der Waals surface area (Å²) in [6.45, 7) is 4.20. The monoisotopic (exact) mass is 402 g/mol. The lowest BCUT2D eigenvalue weighted by atomic mass is 10.0. The quantitative estimate of drug-likeness (QED) is 0.295. The summed E-state index contributed by atoms with van der Waals surface area (Å²) >= 11 is 0. The maximum atomic E-state index is 6.05. The van der Waals surface area contributed by atoms with E-state index in [9.17, 15) is 0 Å². The molecule has 3 rings (SSSR count). The van der Waals surface area contributed by atoms with E-state index < -0.39 is 0 Å². The van der Waals surface area contributed by atoms with E-state index in [0.29, 0.717) is 5.88 Å². The van der Waals surface area contributed by atoms with Crippen molar-refractivity contribution in [1.82, 2.24) is 9.97 Å². The number of nitrogens with zero attached hydrogens (tertiary/aromatic N) is 2. The summed E-state index contributed by atoms with van der Waals surface area (Å²) in [5.41, 5.74) is 4.31. The zero-order valence-electron chi connectivity index (χ0n) is 18.4.